The molecule has 38 heavy (non-hydrogen) atoms. The number of para-hydroxylation sites is 1. The van der Waals surface area contributed by atoms with Crippen LogP contribution in [0.1, 0.15) is 49.9 Å². The van der Waals surface area contributed by atoms with Gasteiger partial charge in [0.25, 0.3) is 0 Å². The molecule has 2 heterocycles. The van der Waals surface area contributed by atoms with Crippen LogP contribution in [0.15, 0.2) is 71.6 Å². The second-order valence-corrected chi connectivity index (χ2v) is 11.8. The van der Waals surface area contributed by atoms with Gasteiger partial charge in [-0.05, 0) is 67.1 Å². The van der Waals surface area contributed by atoms with Crippen molar-refractivity contribution >= 4 is 34.0 Å². The Morgan fingerprint density at radius 3 is 2.42 bits per heavy atom. The van der Waals surface area contributed by atoms with E-state index in [4.69, 9.17) is 0 Å². The zero-order valence-electron chi connectivity index (χ0n) is 21.9. The number of benzene rings is 3. The van der Waals surface area contributed by atoms with E-state index >= 15 is 0 Å². The fourth-order valence-electron chi connectivity index (χ4n) is 5.52. The number of aromatic carboxylic acids is 1. The third kappa shape index (κ3) is 5.23. The van der Waals surface area contributed by atoms with Crippen LogP contribution >= 0.6 is 0 Å². The molecule has 198 valence electrons. The van der Waals surface area contributed by atoms with Crippen molar-refractivity contribution in [1.29, 1.82) is 0 Å². The first-order valence-electron chi connectivity index (χ1n) is 13.3. The maximum absolute atomic E-state index is 13.8. The first-order chi connectivity index (χ1) is 18.3. The molecule has 1 N–H and O–H groups in total. The van der Waals surface area contributed by atoms with Crippen LogP contribution in [0.25, 0.3) is 11.1 Å². The summed E-state index contributed by atoms with van der Waals surface area (Å²) in [7, 11) is -1.93. The number of carbonyl (C=O) groups is 1. The van der Waals surface area contributed by atoms with Crippen LogP contribution in [0.3, 0.4) is 0 Å². The number of hydrogen-bond donors (Lipinski definition) is 1. The van der Waals surface area contributed by atoms with Crippen molar-refractivity contribution in [1.82, 2.24) is 0 Å². The molecule has 7 nitrogen and oxygen atoms in total. The molecule has 0 aromatic heterocycles. The average molecular weight is 533 g/mol. The summed E-state index contributed by atoms with van der Waals surface area (Å²) in [6.07, 6.45) is 3.95. The summed E-state index contributed by atoms with van der Waals surface area (Å²) >= 11 is 0. The molecule has 0 spiro atoms. The number of fused-ring (bicyclic) bond motifs is 1. The highest BCUT2D eigenvalue weighted by Crippen LogP contribution is 2.43. The molecule has 3 aromatic carbocycles. The maximum Gasteiger partial charge on any atom is 0.365 e. The Bertz CT molecular complexity index is 1370. The van der Waals surface area contributed by atoms with Gasteiger partial charge < -0.3 is 14.9 Å². The maximum atomic E-state index is 13.8. The molecule has 0 amide bonds. The Hall–Kier alpha value is -3.52. The number of carboxylic acids is 1. The van der Waals surface area contributed by atoms with Crippen molar-refractivity contribution in [3.05, 3.63) is 77.2 Å². The van der Waals surface area contributed by atoms with Gasteiger partial charge in [-0.2, -0.15) is 4.21 Å². The monoisotopic (exact) mass is 532 g/mol. The fourth-order valence-corrected chi connectivity index (χ4v) is 6.70. The van der Waals surface area contributed by atoms with Crippen molar-refractivity contribution in [3.8, 4) is 11.1 Å². The molecule has 8 heteroatoms. The lowest BCUT2D eigenvalue weighted by molar-refractivity contribution is -0.429. The van der Waals surface area contributed by atoms with Crippen molar-refractivity contribution in [2.45, 2.75) is 50.5 Å². The summed E-state index contributed by atoms with van der Waals surface area (Å²) in [5.41, 5.74) is 4.41. The van der Waals surface area contributed by atoms with Gasteiger partial charge in [0.1, 0.15) is 9.06 Å². The molecule has 5 rings (SSSR count). The van der Waals surface area contributed by atoms with E-state index in [0.29, 0.717) is 17.9 Å². The summed E-state index contributed by atoms with van der Waals surface area (Å²) in [6.45, 7) is 6.36. The van der Waals surface area contributed by atoms with Crippen LogP contribution in [-0.2, 0) is 11.0 Å². The molecule has 0 aliphatic carbocycles. The number of piperidine rings is 1. The zero-order chi connectivity index (χ0) is 26.8. The molecule has 2 unspecified atom stereocenters. The molecular formula is C30H34N3O4S+. The van der Waals surface area contributed by atoms with Gasteiger partial charge in [0.15, 0.2) is 0 Å². The standard InChI is InChI=1S/C30H33N3O4S/c1-21(2)16-25-20-32(24-12-5-3-6-13-24)28-19-27(31-14-7-4-8-15-31)26(18-29(28)38(37)33(25)36)22-10-9-11-23(17-22)30(34)35/h3,5-6,9-13,17-19,21,25H,4,7-8,14-16,20H2,1-2H3/p+1. The van der Waals surface area contributed by atoms with Crippen molar-refractivity contribution < 1.29 is 18.3 Å². The van der Waals surface area contributed by atoms with E-state index < -0.39 is 23.0 Å². The number of hydrogen-bond acceptors (Lipinski definition) is 5. The van der Waals surface area contributed by atoms with E-state index in [-0.39, 0.29) is 11.5 Å². The number of rotatable bonds is 6. The molecular weight excluding hydrogens is 498 g/mol. The van der Waals surface area contributed by atoms with Crippen LogP contribution in [0.2, 0.25) is 0 Å². The van der Waals surface area contributed by atoms with Crippen molar-refractivity contribution in [2.75, 3.05) is 29.4 Å². The van der Waals surface area contributed by atoms with Crippen molar-refractivity contribution in [3.63, 3.8) is 0 Å². The van der Waals surface area contributed by atoms with Gasteiger partial charge in [-0.3, -0.25) is 0 Å². The first-order valence-corrected chi connectivity index (χ1v) is 14.4. The third-order valence-corrected chi connectivity index (χ3v) is 8.67. The predicted octanol–water partition coefficient (Wildman–Crippen LogP) is 6.41. The largest absolute Gasteiger partial charge is 0.478 e. The average Bonchev–Trinajstić information content (AvgIpc) is 3.03. The Morgan fingerprint density at radius 1 is 1.00 bits per heavy atom. The minimum absolute atomic E-state index is 0.191. The number of anilines is 3. The predicted molar refractivity (Wildman–Crippen MR) is 152 cm³/mol. The highest BCUT2D eigenvalue weighted by atomic mass is 32.2. The summed E-state index contributed by atoms with van der Waals surface area (Å²) in [5.74, 6) is -0.729. The normalized spacial score (nSPS) is 19.8. The van der Waals surface area contributed by atoms with E-state index in [1.165, 1.54) is 6.42 Å². The van der Waals surface area contributed by atoms with Gasteiger partial charge in [0.2, 0.25) is 6.04 Å². The highest BCUT2D eigenvalue weighted by molar-refractivity contribution is 7.79. The van der Waals surface area contributed by atoms with Crippen LogP contribution in [0, 0.1) is 10.8 Å². The molecule has 2 aliphatic heterocycles. The van der Waals surface area contributed by atoms with Crippen molar-refractivity contribution in [2.24, 2.45) is 5.92 Å². The van der Waals surface area contributed by atoms with Gasteiger partial charge in [-0.15, -0.1) is 0 Å². The van der Waals surface area contributed by atoms with E-state index in [9.17, 15) is 19.0 Å². The lowest BCUT2D eigenvalue weighted by atomic mass is 9.98. The van der Waals surface area contributed by atoms with Crippen LogP contribution in [-0.4, -0.2) is 45.1 Å². The molecule has 2 atom stereocenters. The first kappa shape index (κ1) is 26.1. The Labute approximate surface area is 226 Å². The zero-order valence-corrected chi connectivity index (χ0v) is 22.7. The quantitative estimate of drug-likeness (QED) is 0.370. The van der Waals surface area contributed by atoms with Crippen LogP contribution < -0.4 is 9.80 Å². The van der Waals surface area contributed by atoms with E-state index in [1.54, 1.807) is 18.2 Å². The molecule has 0 bridgehead atoms. The Kier molecular flexibility index (Phi) is 7.61. The molecule has 1 saturated heterocycles. The molecule has 3 aromatic rings. The second-order valence-electron chi connectivity index (χ2n) is 10.5. The topological polar surface area (TPSA) is 80.9 Å². The fraction of sp³-hybridized carbons (Fsp3) is 0.367. The van der Waals surface area contributed by atoms with E-state index in [0.717, 1.165) is 58.3 Å². The van der Waals surface area contributed by atoms with Gasteiger partial charge >= 0.3 is 17.0 Å². The number of nitroso groups, excluding NO2 is 1. The minimum atomic E-state index is -1.93. The molecule has 0 radical (unpaired) electrons. The number of carboxylic acid groups (broad SMARTS) is 1. The summed E-state index contributed by atoms with van der Waals surface area (Å²) < 4.78 is 14.6. The Morgan fingerprint density at radius 2 is 1.74 bits per heavy atom. The third-order valence-electron chi connectivity index (χ3n) is 7.34. The highest BCUT2D eigenvalue weighted by Gasteiger charge is 2.42. The van der Waals surface area contributed by atoms with Crippen LogP contribution in [0.4, 0.5) is 17.1 Å². The lowest BCUT2D eigenvalue weighted by Crippen LogP contribution is -2.35. The summed E-state index contributed by atoms with van der Waals surface area (Å²) in [6, 6.07) is 20.3. The van der Waals surface area contributed by atoms with E-state index in [2.05, 4.69) is 29.7 Å². The van der Waals surface area contributed by atoms with E-state index in [1.807, 2.05) is 42.5 Å². The smallest absolute Gasteiger partial charge is 0.365 e. The van der Waals surface area contributed by atoms with Gasteiger partial charge in [0.05, 0.1) is 17.8 Å². The Balaban J connectivity index is 1.75. The van der Waals surface area contributed by atoms with Gasteiger partial charge in [-0.1, -0.05) is 44.2 Å². The minimum Gasteiger partial charge on any atom is -0.478 e. The molecule has 1 fully saturated rings. The van der Waals surface area contributed by atoms with Gasteiger partial charge in [0, 0.05) is 41.4 Å². The molecule has 0 saturated carbocycles. The number of nitrogens with zero attached hydrogens (tertiary/aromatic N) is 3. The summed E-state index contributed by atoms with van der Waals surface area (Å²) in [5, 5.41) is 9.63. The SMILES string of the molecule is CC(C)CC1CN(c2ccccc2)c2cc(N3CCCCC3)c(-c3cccc(C(=O)O)c3)cc2S(=O)[N+]1=O. The summed E-state index contributed by atoms with van der Waals surface area (Å²) in [4.78, 5) is 30.2. The van der Waals surface area contributed by atoms with Crippen LogP contribution in [0.5, 0.6) is 0 Å². The van der Waals surface area contributed by atoms with Gasteiger partial charge in [-0.25, -0.2) is 4.79 Å². The second kappa shape index (κ2) is 11.1. The lowest BCUT2D eigenvalue weighted by Gasteiger charge is -2.33. The molecule has 2 aliphatic rings.